The molecule has 1 saturated heterocycles. The van der Waals surface area contributed by atoms with Crippen LogP contribution in [-0.4, -0.2) is 30.9 Å². The number of thiophene rings is 1. The van der Waals surface area contributed by atoms with E-state index in [0.29, 0.717) is 5.56 Å². The predicted octanol–water partition coefficient (Wildman–Crippen LogP) is 4.29. The fourth-order valence-corrected chi connectivity index (χ4v) is 4.83. The summed E-state index contributed by atoms with van der Waals surface area (Å²) in [6.45, 7) is 0.616. The molecule has 1 aliphatic rings. The van der Waals surface area contributed by atoms with Gasteiger partial charge in [0.25, 0.3) is 0 Å². The Hall–Kier alpha value is -1.76. The Labute approximate surface area is 157 Å². The van der Waals surface area contributed by atoms with Crippen molar-refractivity contribution in [3.8, 4) is 0 Å². The van der Waals surface area contributed by atoms with Crippen molar-refractivity contribution in [3.05, 3.63) is 46.4 Å². The molecule has 0 aliphatic carbocycles. The summed E-state index contributed by atoms with van der Waals surface area (Å²) in [6.07, 6.45) is 1.74. The molecule has 4 rings (SSSR count). The van der Waals surface area contributed by atoms with E-state index >= 15 is 0 Å². The van der Waals surface area contributed by atoms with Crippen molar-refractivity contribution in [1.29, 1.82) is 0 Å². The molecule has 0 saturated carbocycles. The molecule has 1 fully saturated rings. The van der Waals surface area contributed by atoms with E-state index in [1.807, 2.05) is 18.2 Å². The zero-order valence-electron chi connectivity index (χ0n) is 13.4. The Morgan fingerprint density at radius 1 is 1.16 bits per heavy atom. The maximum Gasteiger partial charge on any atom is 0.323 e. The largest absolute Gasteiger partial charge is 0.456 e. The molecule has 3 aromatic rings. The van der Waals surface area contributed by atoms with Crippen LogP contribution < -0.4 is 5.32 Å². The number of halogens is 1. The third kappa shape index (κ3) is 3.34. The second kappa shape index (κ2) is 6.86. The molecule has 2 heterocycles. The summed E-state index contributed by atoms with van der Waals surface area (Å²) in [5.74, 6) is -0.509. The summed E-state index contributed by atoms with van der Waals surface area (Å²) < 4.78 is 8.44. The third-order valence-electron chi connectivity index (χ3n) is 4.45. The number of esters is 1. The molecule has 1 aliphatic heterocycles. The van der Waals surface area contributed by atoms with Crippen molar-refractivity contribution < 1.29 is 14.3 Å². The van der Waals surface area contributed by atoms with Gasteiger partial charge in [0.15, 0.2) is 12.4 Å². The van der Waals surface area contributed by atoms with Gasteiger partial charge in [-0.15, -0.1) is 11.3 Å². The number of fused-ring (bicyclic) bond motifs is 3. The Kier molecular flexibility index (Phi) is 4.58. The summed E-state index contributed by atoms with van der Waals surface area (Å²) in [4.78, 5) is 24.3. The van der Waals surface area contributed by atoms with Crippen molar-refractivity contribution >= 4 is 59.2 Å². The Morgan fingerprint density at radius 2 is 1.92 bits per heavy atom. The smallest absolute Gasteiger partial charge is 0.323 e. The molecule has 0 bridgehead atoms. The third-order valence-corrected chi connectivity index (χ3v) is 6.06. The van der Waals surface area contributed by atoms with Gasteiger partial charge in [0.05, 0.1) is 0 Å². The number of carbonyl (C=O) groups is 2. The number of ether oxygens (including phenoxy) is 1. The average Bonchev–Trinajstić information content (AvgIpc) is 3.25. The number of Topliss-reactive ketones (excluding diaryl/α,β-unsaturated/α-hetero) is 1. The molecule has 6 heteroatoms. The van der Waals surface area contributed by atoms with Gasteiger partial charge < -0.3 is 10.1 Å². The van der Waals surface area contributed by atoms with Crippen LogP contribution in [0.1, 0.15) is 23.2 Å². The van der Waals surface area contributed by atoms with Crippen molar-refractivity contribution in [3.63, 3.8) is 0 Å². The number of rotatable bonds is 4. The first-order valence-electron chi connectivity index (χ1n) is 8.17. The van der Waals surface area contributed by atoms with Gasteiger partial charge in [-0.25, -0.2) is 0 Å². The molecule has 0 spiro atoms. The van der Waals surface area contributed by atoms with E-state index in [9.17, 15) is 9.59 Å². The summed E-state index contributed by atoms with van der Waals surface area (Å²) in [6, 6.07) is 11.6. The fourth-order valence-electron chi connectivity index (χ4n) is 3.13. The summed E-state index contributed by atoms with van der Waals surface area (Å²) in [5, 5.41) is 5.39. The van der Waals surface area contributed by atoms with Crippen LogP contribution >= 0.6 is 27.3 Å². The van der Waals surface area contributed by atoms with Crippen molar-refractivity contribution in [1.82, 2.24) is 5.32 Å². The number of hydrogen-bond acceptors (Lipinski definition) is 5. The molecule has 1 N–H and O–H groups in total. The van der Waals surface area contributed by atoms with Crippen LogP contribution in [0.15, 0.2) is 40.9 Å². The van der Waals surface area contributed by atoms with Gasteiger partial charge in [-0.05, 0) is 37.6 Å². The lowest BCUT2D eigenvalue weighted by Gasteiger charge is -2.09. The van der Waals surface area contributed by atoms with Crippen LogP contribution in [0.25, 0.3) is 20.2 Å². The molecule has 0 radical (unpaired) electrons. The first-order valence-corrected chi connectivity index (χ1v) is 9.78. The maximum atomic E-state index is 12.4. The zero-order valence-corrected chi connectivity index (χ0v) is 15.8. The number of benzene rings is 2. The van der Waals surface area contributed by atoms with Gasteiger partial charge in [-0.3, -0.25) is 9.59 Å². The van der Waals surface area contributed by atoms with Gasteiger partial charge in [-0.1, -0.05) is 34.1 Å². The molecule has 1 aromatic heterocycles. The van der Waals surface area contributed by atoms with E-state index in [1.165, 1.54) is 10.1 Å². The average molecular weight is 418 g/mol. The van der Waals surface area contributed by atoms with Crippen LogP contribution in [0, 0.1) is 0 Å². The molecule has 4 nitrogen and oxygen atoms in total. The van der Waals surface area contributed by atoms with Gasteiger partial charge >= 0.3 is 5.97 Å². The molecule has 1 unspecified atom stereocenters. The van der Waals surface area contributed by atoms with Gasteiger partial charge in [0.2, 0.25) is 0 Å². The molecule has 128 valence electrons. The number of carbonyl (C=O) groups excluding carboxylic acids is 2. The highest BCUT2D eigenvalue weighted by atomic mass is 79.9. The van der Waals surface area contributed by atoms with E-state index in [1.54, 1.807) is 17.4 Å². The van der Waals surface area contributed by atoms with E-state index < -0.39 is 0 Å². The second-order valence-corrected chi connectivity index (χ2v) is 8.13. The molecule has 1 atom stereocenters. The Bertz CT molecular complexity index is 975. The standard InChI is InChI=1S/C19H16BrNO3S/c20-12-4-6-14-13-5-3-11(8-17(13)25-18(14)9-12)16(22)10-24-19(23)15-2-1-7-21-15/h3-6,8-9,15,21H,1-2,7,10H2. The lowest BCUT2D eigenvalue weighted by atomic mass is 10.1. The molecule has 0 amide bonds. The topological polar surface area (TPSA) is 55.4 Å². The van der Waals surface area contributed by atoms with E-state index in [-0.39, 0.29) is 24.4 Å². The molecular formula is C19H16BrNO3S. The molecular weight excluding hydrogens is 402 g/mol. The van der Waals surface area contributed by atoms with E-state index in [4.69, 9.17) is 4.74 Å². The van der Waals surface area contributed by atoms with Crippen molar-refractivity contribution in [2.24, 2.45) is 0 Å². The van der Waals surface area contributed by atoms with Crippen LogP contribution in [0.4, 0.5) is 0 Å². The van der Waals surface area contributed by atoms with Crippen molar-refractivity contribution in [2.75, 3.05) is 13.2 Å². The number of ketones is 1. The SMILES string of the molecule is O=C(COC(=O)C1CCCN1)c1ccc2c(c1)sc1cc(Br)ccc12. The maximum absolute atomic E-state index is 12.4. The minimum Gasteiger partial charge on any atom is -0.456 e. The monoisotopic (exact) mass is 417 g/mol. The van der Waals surface area contributed by atoms with Gasteiger partial charge in [-0.2, -0.15) is 0 Å². The molecule has 2 aromatic carbocycles. The predicted molar refractivity (Wildman–Crippen MR) is 103 cm³/mol. The number of nitrogens with one attached hydrogen (secondary N) is 1. The van der Waals surface area contributed by atoms with E-state index in [0.717, 1.165) is 33.9 Å². The highest BCUT2D eigenvalue weighted by Crippen LogP contribution is 2.35. The van der Waals surface area contributed by atoms with Crippen LogP contribution in [0.5, 0.6) is 0 Å². The first-order chi connectivity index (χ1) is 12.1. The lowest BCUT2D eigenvalue weighted by molar-refractivity contribution is -0.144. The van der Waals surface area contributed by atoms with Crippen LogP contribution in [0.3, 0.4) is 0 Å². The minimum absolute atomic E-state index is 0.174. The quantitative estimate of drug-likeness (QED) is 0.507. The number of hydrogen-bond donors (Lipinski definition) is 1. The highest BCUT2D eigenvalue weighted by Gasteiger charge is 2.24. The lowest BCUT2D eigenvalue weighted by Crippen LogP contribution is -2.33. The van der Waals surface area contributed by atoms with Gasteiger partial charge in [0.1, 0.15) is 6.04 Å². The molecule has 25 heavy (non-hydrogen) atoms. The zero-order chi connectivity index (χ0) is 17.4. The Balaban J connectivity index is 1.53. The second-order valence-electron chi connectivity index (χ2n) is 6.13. The Morgan fingerprint density at radius 3 is 2.68 bits per heavy atom. The summed E-state index contributed by atoms with van der Waals surface area (Å²) in [7, 11) is 0. The fraction of sp³-hybridized carbons (Fsp3) is 0.263. The highest BCUT2D eigenvalue weighted by molar-refractivity contribution is 9.10. The van der Waals surface area contributed by atoms with E-state index in [2.05, 4.69) is 33.4 Å². The normalized spacial score (nSPS) is 17.2. The van der Waals surface area contributed by atoms with Crippen LogP contribution in [0.2, 0.25) is 0 Å². The van der Waals surface area contributed by atoms with Crippen LogP contribution in [-0.2, 0) is 9.53 Å². The summed E-state index contributed by atoms with van der Waals surface area (Å²) >= 11 is 5.14. The summed E-state index contributed by atoms with van der Waals surface area (Å²) in [5.41, 5.74) is 0.574. The minimum atomic E-state index is -0.335. The van der Waals surface area contributed by atoms with Gasteiger partial charge in [0, 0.05) is 30.2 Å². The first kappa shape index (κ1) is 16.7. The van der Waals surface area contributed by atoms with Crippen molar-refractivity contribution in [2.45, 2.75) is 18.9 Å².